The first-order valence-electron chi connectivity index (χ1n) is 6.68. The average Bonchev–Trinajstić information content (AvgIpc) is 2.84. The number of fused-ring (bicyclic) bond motifs is 1. The van der Waals surface area contributed by atoms with Crippen LogP contribution < -0.4 is 5.73 Å². The molecule has 0 aliphatic rings. The van der Waals surface area contributed by atoms with Gasteiger partial charge in [-0.1, -0.05) is 30.0 Å². The lowest BCUT2D eigenvalue weighted by molar-refractivity contribution is 0.954. The quantitative estimate of drug-likeness (QED) is 0.770. The number of imidazole rings is 1. The van der Waals surface area contributed by atoms with Crippen molar-refractivity contribution < 1.29 is 0 Å². The summed E-state index contributed by atoms with van der Waals surface area (Å²) < 4.78 is 0. The molecule has 0 spiro atoms. The van der Waals surface area contributed by atoms with Crippen LogP contribution in [0.1, 0.15) is 11.1 Å². The molecule has 0 aliphatic heterocycles. The maximum absolute atomic E-state index is 5.61. The number of nitrogens with one attached hydrogen (secondary N) is 1. The van der Waals surface area contributed by atoms with E-state index >= 15 is 0 Å². The Bertz CT molecular complexity index is 700. The van der Waals surface area contributed by atoms with Crippen LogP contribution in [-0.2, 0) is 6.42 Å². The van der Waals surface area contributed by atoms with E-state index in [1.165, 1.54) is 16.0 Å². The van der Waals surface area contributed by atoms with Crippen LogP contribution in [-0.4, -0.2) is 16.5 Å². The Balaban J connectivity index is 1.85. The Labute approximate surface area is 122 Å². The van der Waals surface area contributed by atoms with Gasteiger partial charge in [0.1, 0.15) is 0 Å². The maximum Gasteiger partial charge on any atom is 0.171 e. The van der Waals surface area contributed by atoms with Gasteiger partial charge in [-0.3, -0.25) is 0 Å². The molecule has 102 valence electrons. The summed E-state index contributed by atoms with van der Waals surface area (Å²) in [6.45, 7) is 2.82. The molecule has 0 saturated carbocycles. The van der Waals surface area contributed by atoms with Gasteiger partial charge in [0, 0.05) is 4.90 Å². The number of aryl methyl sites for hydroxylation is 1. The number of para-hydroxylation sites is 2. The molecule has 0 atom stereocenters. The predicted octanol–water partition coefficient (Wildman–Crippen LogP) is 3.52. The molecule has 20 heavy (non-hydrogen) atoms. The van der Waals surface area contributed by atoms with Gasteiger partial charge in [-0.15, -0.1) is 0 Å². The van der Waals surface area contributed by atoms with Crippen molar-refractivity contribution in [3.63, 3.8) is 0 Å². The Kier molecular flexibility index (Phi) is 3.76. The zero-order chi connectivity index (χ0) is 13.9. The van der Waals surface area contributed by atoms with Gasteiger partial charge in [0.25, 0.3) is 0 Å². The molecule has 0 amide bonds. The molecule has 0 unspecified atom stereocenters. The highest BCUT2D eigenvalue weighted by Crippen LogP contribution is 2.28. The molecule has 0 bridgehead atoms. The molecular weight excluding hydrogens is 266 g/mol. The van der Waals surface area contributed by atoms with Crippen molar-refractivity contribution in [1.29, 1.82) is 0 Å². The summed E-state index contributed by atoms with van der Waals surface area (Å²) in [5.41, 5.74) is 10.3. The van der Waals surface area contributed by atoms with Gasteiger partial charge >= 0.3 is 0 Å². The third kappa shape index (κ3) is 2.71. The number of nitrogens with zero attached hydrogens (tertiary/aromatic N) is 1. The number of hydrogen-bond acceptors (Lipinski definition) is 3. The van der Waals surface area contributed by atoms with Crippen molar-refractivity contribution in [2.24, 2.45) is 5.73 Å². The molecule has 2 aromatic carbocycles. The lowest BCUT2D eigenvalue weighted by Gasteiger charge is -2.06. The van der Waals surface area contributed by atoms with Crippen LogP contribution >= 0.6 is 11.8 Å². The van der Waals surface area contributed by atoms with Crippen molar-refractivity contribution in [2.75, 3.05) is 6.54 Å². The summed E-state index contributed by atoms with van der Waals surface area (Å²) >= 11 is 1.66. The van der Waals surface area contributed by atoms with Crippen molar-refractivity contribution >= 4 is 22.8 Å². The molecule has 3 rings (SSSR count). The second kappa shape index (κ2) is 5.69. The minimum Gasteiger partial charge on any atom is -0.333 e. The van der Waals surface area contributed by atoms with E-state index in [1.54, 1.807) is 11.8 Å². The Hall–Kier alpha value is -1.78. The van der Waals surface area contributed by atoms with Crippen LogP contribution in [0.5, 0.6) is 0 Å². The van der Waals surface area contributed by atoms with Gasteiger partial charge in [0.15, 0.2) is 5.16 Å². The first kappa shape index (κ1) is 13.2. The lowest BCUT2D eigenvalue weighted by atomic mass is 10.1. The first-order chi connectivity index (χ1) is 9.76. The van der Waals surface area contributed by atoms with Gasteiger partial charge in [-0.2, -0.15) is 0 Å². The van der Waals surface area contributed by atoms with Crippen molar-refractivity contribution in [3.8, 4) is 0 Å². The molecule has 0 radical (unpaired) electrons. The molecule has 3 nitrogen and oxygen atoms in total. The van der Waals surface area contributed by atoms with E-state index in [9.17, 15) is 0 Å². The van der Waals surface area contributed by atoms with E-state index in [2.05, 4.69) is 35.1 Å². The number of nitrogens with two attached hydrogens (primary N) is 1. The van der Waals surface area contributed by atoms with Crippen LogP contribution in [0.15, 0.2) is 52.5 Å². The van der Waals surface area contributed by atoms with Crippen LogP contribution in [0.2, 0.25) is 0 Å². The Morgan fingerprint density at radius 2 is 2.05 bits per heavy atom. The summed E-state index contributed by atoms with van der Waals surface area (Å²) in [4.78, 5) is 9.12. The zero-order valence-electron chi connectivity index (χ0n) is 11.4. The van der Waals surface area contributed by atoms with E-state index in [0.29, 0.717) is 6.54 Å². The Morgan fingerprint density at radius 1 is 1.20 bits per heavy atom. The van der Waals surface area contributed by atoms with Crippen molar-refractivity contribution in [2.45, 2.75) is 23.4 Å². The molecule has 0 aliphatic carbocycles. The molecule has 0 saturated heterocycles. The van der Waals surface area contributed by atoms with Gasteiger partial charge < -0.3 is 10.7 Å². The van der Waals surface area contributed by atoms with E-state index < -0.39 is 0 Å². The second-order valence-corrected chi connectivity index (χ2v) is 5.85. The first-order valence-corrected chi connectivity index (χ1v) is 7.50. The summed E-state index contributed by atoms with van der Waals surface area (Å²) in [6.07, 6.45) is 0.932. The van der Waals surface area contributed by atoms with Gasteiger partial charge in [-0.05, 0) is 55.3 Å². The van der Waals surface area contributed by atoms with E-state index in [0.717, 1.165) is 22.6 Å². The zero-order valence-corrected chi connectivity index (χ0v) is 12.2. The van der Waals surface area contributed by atoms with Gasteiger partial charge in [0.2, 0.25) is 0 Å². The smallest absolute Gasteiger partial charge is 0.171 e. The average molecular weight is 283 g/mol. The van der Waals surface area contributed by atoms with Crippen LogP contribution in [0.3, 0.4) is 0 Å². The highest BCUT2D eigenvalue weighted by atomic mass is 32.2. The molecule has 1 aromatic heterocycles. The number of aromatic amines is 1. The van der Waals surface area contributed by atoms with Crippen LogP contribution in [0.4, 0.5) is 0 Å². The number of rotatable bonds is 4. The fourth-order valence-corrected chi connectivity index (χ4v) is 3.16. The summed E-state index contributed by atoms with van der Waals surface area (Å²) in [5, 5.41) is 0.928. The summed E-state index contributed by atoms with van der Waals surface area (Å²) in [5.74, 6) is 0. The SMILES string of the molecule is Cc1cc(Sc2nc3ccccc3[nH]2)ccc1CCN. The van der Waals surface area contributed by atoms with E-state index in [-0.39, 0.29) is 0 Å². The Morgan fingerprint density at radius 3 is 2.80 bits per heavy atom. The minimum atomic E-state index is 0.691. The monoisotopic (exact) mass is 283 g/mol. The topological polar surface area (TPSA) is 54.7 Å². The molecule has 3 N–H and O–H groups in total. The molecule has 0 fully saturated rings. The minimum absolute atomic E-state index is 0.691. The van der Waals surface area contributed by atoms with E-state index in [4.69, 9.17) is 5.73 Å². The maximum atomic E-state index is 5.61. The van der Waals surface area contributed by atoms with Crippen LogP contribution in [0.25, 0.3) is 11.0 Å². The number of hydrogen-bond donors (Lipinski definition) is 2. The molecule has 3 aromatic rings. The van der Waals surface area contributed by atoms with Crippen LogP contribution in [0, 0.1) is 6.92 Å². The third-order valence-electron chi connectivity index (χ3n) is 3.31. The fraction of sp³-hybridized carbons (Fsp3) is 0.188. The number of H-pyrrole nitrogens is 1. The van der Waals surface area contributed by atoms with Gasteiger partial charge in [-0.25, -0.2) is 4.98 Å². The normalized spacial score (nSPS) is 11.1. The molecule has 1 heterocycles. The highest BCUT2D eigenvalue weighted by molar-refractivity contribution is 7.99. The summed E-state index contributed by atoms with van der Waals surface area (Å²) in [7, 11) is 0. The van der Waals surface area contributed by atoms with E-state index in [1.807, 2.05) is 24.3 Å². The fourth-order valence-electron chi connectivity index (χ4n) is 2.26. The highest BCUT2D eigenvalue weighted by Gasteiger charge is 2.05. The standard InChI is InChI=1S/C16H17N3S/c1-11-10-13(7-6-12(11)8-9-17)20-16-18-14-4-2-3-5-15(14)19-16/h2-7,10H,8-9,17H2,1H3,(H,18,19). The lowest BCUT2D eigenvalue weighted by Crippen LogP contribution is -2.03. The van der Waals surface area contributed by atoms with Crippen molar-refractivity contribution in [1.82, 2.24) is 9.97 Å². The molecule has 4 heteroatoms. The number of aromatic nitrogens is 2. The van der Waals surface area contributed by atoms with Gasteiger partial charge in [0.05, 0.1) is 11.0 Å². The third-order valence-corrected chi connectivity index (χ3v) is 4.19. The predicted molar refractivity (Wildman–Crippen MR) is 84.2 cm³/mol. The number of benzene rings is 2. The largest absolute Gasteiger partial charge is 0.333 e. The second-order valence-electron chi connectivity index (χ2n) is 4.79. The summed E-state index contributed by atoms with van der Waals surface area (Å²) in [6, 6.07) is 14.6. The van der Waals surface area contributed by atoms with Crippen molar-refractivity contribution in [3.05, 3.63) is 53.6 Å². The molecular formula is C16H17N3S.